The summed E-state index contributed by atoms with van der Waals surface area (Å²) >= 11 is 0. The summed E-state index contributed by atoms with van der Waals surface area (Å²) in [4.78, 5) is 24.1. The maximum Gasteiger partial charge on any atom is 0.493 e. The lowest BCUT2D eigenvalue weighted by Gasteiger charge is -2.17. The number of halogens is 3. The molecule has 0 fully saturated rings. The first kappa shape index (κ1) is 18.0. The molecule has 3 aromatic rings. The second kappa shape index (κ2) is 5.86. The summed E-state index contributed by atoms with van der Waals surface area (Å²) in [6, 6.07) is 3.25. The SMILES string of the molecule is Cn1cc(-c2ccnc3c2ccn3OC(=O)C(F)(F)F)nc1C(C)(C)C. The molecule has 0 bridgehead atoms. The summed E-state index contributed by atoms with van der Waals surface area (Å²) in [5, 5.41) is 0.529. The number of fused-ring (bicyclic) bond motifs is 1. The average Bonchev–Trinajstić information content (AvgIpc) is 3.10. The van der Waals surface area contributed by atoms with Crippen LogP contribution < -0.4 is 4.84 Å². The van der Waals surface area contributed by atoms with Gasteiger partial charge >= 0.3 is 12.1 Å². The minimum absolute atomic E-state index is 0.100. The molecule has 0 aromatic carbocycles. The van der Waals surface area contributed by atoms with Crippen molar-refractivity contribution in [3.05, 3.63) is 36.5 Å². The second-order valence-electron chi connectivity index (χ2n) is 6.92. The molecule has 9 heteroatoms. The molecule has 0 aliphatic heterocycles. The summed E-state index contributed by atoms with van der Waals surface area (Å²) < 4.78 is 39.9. The van der Waals surface area contributed by atoms with Crippen molar-refractivity contribution >= 4 is 17.0 Å². The van der Waals surface area contributed by atoms with Gasteiger partial charge in [0.1, 0.15) is 5.82 Å². The Labute approximate surface area is 147 Å². The molecule has 6 nitrogen and oxygen atoms in total. The second-order valence-corrected chi connectivity index (χ2v) is 6.92. The van der Waals surface area contributed by atoms with Gasteiger partial charge in [0.25, 0.3) is 0 Å². The highest BCUT2D eigenvalue weighted by Gasteiger charge is 2.42. The number of aromatic nitrogens is 4. The van der Waals surface area contributed by atoms with Gasteiger partial charge in [0, 0.05) is 42.0 Å². The molecule has 0 saturated carbocycles. The monoisotopic (exact) mass is 366 g/mol. The molecule has 0 aliphatic carbocycles. The van der Waals surface area contributed by atoms with Crippen molar-refractivity contribution in [1.29, 1.82) is 0 Å². The van der Waals surface area contributed by atoms with E-state index in [1.54, 1.807) is 6.07 Å². The van der Waals surface area contributed by atoms with Crippen LogP contribution in [0.1, 0.15) is 26.6 Å². The normalized spacial score (nSPS) is 12.6. The van der Waals surface area contributed by atoms with Crippen LogP contribution in [0.2, 0.25) is 0 Å². The third kappa shape index (κ3) is 3.16. The van der Waals surface area contributed by atoms with Crippen molar-refractivity contribution in [2.75, 3.05) is 0 Å². The first-order valence-electron chi connectivity index (χ1n) is 7.78. The van der Waals surface area contributed by atoms with Crippen molar-refractivity contribution in [3.8, 4) is 11.3 Å². The van der Waals surface area contributed by atoms with Crippen LogP contribution in [0.4, 0.5) is 13.2 Å². The predicted molar refractivity (Wildman–Crippen MR) is 88.3 cm³/mol. The highest BCUT2D eigenvalue weighted by atomic mass is 19.4. The highest BCUT2D eigenvalue weighted by molar-refractivity contribution is 5.92. The molecule has 3 heterocycles. The van der Waals surface area contributed by atoms with Gasteiger partial charge in [-0.05, 0) is 12.1 Å². The fourth-order valence-corrected chi connectivity index (χ4v) is 2.75. The Kier molecular flexibility index (Phi) is 4.05. The number of aryl methyl sites for hydroxylation is 1. The van der Waals surface area contributed by atoms with E-state index in [2.05, 4.69) is 14.8 Å². The van der Waals surface area contributed by atoms with Gasteiger partial charge in [-0.3, -0.25) is 0 Å². The lowest BCUT2D eigenvalue weighted by atomic mass is 9.96. The van der Waals surface area contributed by atoms with E-state index >= 15 is 0 Å². The number of nitrogens with zero attached hydrogens (tertiary/aromatic N) is 4. The number of hydrogen-bond acceptors (Lipinski definition) is 4. The maximum atomic E-state index is 12.4. The van der Waals surface area contributed by atoms with Crippen LogP contribution in [0.25, 0.3) is 22.3 Å². The van der Waals surface area contributed by atoms with Gasteiger partial charge < -0.3 is 9.40 Å². The molecule has 0 radical (unpaired) electrons. The zero-order chi connectivity index (χ0) is 19.3. The molecule has 0 spiro atoms. The van der Waals surface area contributed by atoms with E-state index in [4.69, 9.17) is 0 Å². The minimum Gasteiger partial charge on any atom is -0.337 e. The van der Waals surface area contributed by atoms with Gasteiger partial charge in [-0.1, -0.05) is 20.8 Å². The smallest absolute Gasteiger partial charge is 0.337 e. The molecule has 0 N–H and O–H groups in total. The van der Waals surface area contributed by atoms with Gasteiger partial charge in [-0.25, -0.2) is 14.8 Å². The lowest BCUT2D eigenvalue weighted by Crippen LogP contribution is -2.33. The van der Waals surface area contributed by atoms with E-state index in [9.17, 15) is 18.0 Å². The van der Waals surface area contributed by atoms with Gasteiger partial charge in [0.05, 0.1) is 5.69 Å². The molecule has 0 atom stereocenters. The number of carbonyl (C=O) groups excluding carboxylic acids is 1. The van der Waals surface area contributed by atoms with E-state index in [0.717, 1.165) is 5.82 Å². The van der Waals surface area contributed by atoms with Crippen LogP contribution in [-0.2, 0) is 17.3 Å². The maximum absolute atomic E-state index is 12.4. The summed E-state index contributed by atoms with van der Waals surface area (Å²) in [6.45, 7) is 6.11. The Bertz CT molecular complexity index is 980. The molecular formula is C17H17F3N4O2. The van der Waals surface area contributed by atoms with Crippen molar-refractivity contribution in [2.45, 2.75) is 32.4 Å². The Morgan fingerprint density at radius 2 is 1.88 bits per heavy atom. The Morgan fingerprint density at radius 1 is 1.19 bits per heavy atom. The van der Waals surface area contributed by atoms with E-state index in [0.29, 0.717) is 21.4 Å². The molecule has 0 saturated heterocycles. The van der Waals surface area contributed by atoms with E-state index in [-0.39, 0.29) is 11.1 Å². The number of hydrogen-bond donors (Lipinski definition) is 0. The van der Waals surface area contributed by atoms with E-state index in [1.165, 1.54) is 18.5 Å². The standard InChI is InChI=1S/C17H17F3N4O2/c1-16(2,3)14-22-12(9-23(14)4)10-5-7-21-13-11(10)6-8-24(13)26-15(25)17(18,19)20/h5-9H,1-4H3. The Balaban J connectivity index is 2.06. The van der Waals surface area contributed by atoms with Crippen molar-refractivity contribution in [1.82, 2.24) is 19.3 Å². The number of alkyl halides is 3. The molecule has 0 aliphatic rings. The first-order chi connectivity index (χ1) is 12.0. The molecule has 0 unspecified atom stereocenters. The van der Waals surface area contributed by atoms with E-state index < -0.39 is 12.1 Å². The summed E-state index contributed by atoms with van der Waals surface area (Å²) in [5.74, 6) is -1.45. The number of carbonyl (C=O) groups is 1. The summed E-state index contributed by atoms with van der Waals surface area (Å²) in [7, 11) is 1.88. The quantitative estimate of drug-likeness (QED) is 0.699. The topological polar surface area (TPSA) is 61.9 Å². The van der Waals surface area contributed by atoms with Crippen LogP contribution >= 0.6 is 0 Å². The zero-order valence-corrected chi connectivity index (χ0v) is 14.6. The lowest BCUT2D eigenvalue weighted by molar-refractivity contribution is -0.199. The summed E-state index contributed by atoms with van der Waals surface area (Å²) in [5.41, 5.74) is 1.27. The fourth-order valence-electron chi connectivity index (χ4n) is 2.75. The number of rotatable bonds is 2. The van der Waals surface area contributed by atoms with Gasteiger partial charge in [0.2, 0.25) is 0 Å². The Morgan fingerprint density at radius 3 is 2.46 bits per heavy atom. The Hall–Kier alpha value is -2.84. The minimum atomic E-state index is -5.09. The molecule has 138 valence electrons. The average molecular weight is 366 g/mol. The highest BCUT2D eigenvalue weighted by Crippen LogP contribution is 2.30. The van der Waals surface area contributed by atoms with E-state index in [1.807, 2.05) is 38.6 Å². The predicted octanol–water partition coefficient (Wildman–Crippen LogP) is 3.25. The summed E-state index contributed by atoms with van der Waals surface area (Å²) in [6.07, 6.45) is -0.593. The van der Waals surface area contributed by atoms with Gasteiger partial charge in [0.15, 0.2) is 5.65 Å². The third-order valence-electron chi connectivity index (χ3n) is 3.79. The van der Waals surface area contributed by atoms with Crippen LogP contribution in [-0.4, -0.2) is 31.4 Å². The van der Waals surface area contributed by atoms with Crippen molar-refractivity contribution < 1.29 is 22.8 Å². The van der Waals surface area contributed by atoms with Gasteiger partial charge in [-0.2, -0.15) is 17.9 Å². The fraction of sp³-hybridized carbons (Fsp3) is 0.353. The van der Waals surface area contributed by atoms with Gasteiger partial charge in [-0.15, -0.1) is 0 Å². The number of imidazole rings is 1. The molecular weight excluding hydrogens is 349 g/mol. The first-order valence-corrected chi connectivity index (χ1v) is 7.78. The van der Waals surface area contributed by atoms with Crippen LogP contribution in [0.3, 0.4) is 0 Å². The molecule has 26 heavy (non-hydrogen) atoms. The number of pyridine rings is 1. The van der Waals surface area contributed by atoms with Crippen LogP contribution in [0, 0.1) is 0 Å². The molecule has 3 rings (SSSR count). The third-order valence-corrected chi connectivity index (χ3v) is 3.79. The van der Waals surface area contributed by atoms with Crippen molar-refractivity contribution in [3.63, 3.8) is 0 Å². The molecule has 3 aromatic heterocycles. The largest absolute Gasteiger partial charge is 0.493 e. The van der Waals surface area contributed by atoms with Crippen molar-refractivity contribution in [2.24, 2.45) is 7.05 Å². The van der Waals surface area contributed by atoms with Crippen LogP contribution in [0.5, 0.6) is 0 Å². The molecule has 0 amide bonds. The van der Waals surface area contributed by atoms with Crippen LogP contribution in [0.15, 0.2) is 30.7 Å². The zero-order valence-electron chi connectivity index (χ0n) is 14.6.